The topological polar surface area (TPSA) is 64.7 Å². The van der Waals surface area contributed by atoms with Crippen LogP contribution in [0.4, 0.5) is 24.5 Å². The summed E-state index contributed by atoms with van der Waals surface area (Å²) in [4.78, 5) is 29.1. The lowest BCUT2D eigenvalue weighted by molar-refractivity contribution is -0.188. The smallest absolute Gasteiger partial charge is 0.325 e. The van der Waals surface area contributed by atoms with Crippen LogP contribution in [0.3, 0.4) is 0 Å². The largest absolute Gasteiger partial charge is 0.402 e. The van der Waals surface area contributed by atoms with Crippen LogP contribution in [-0.4, -0.2) is 67.1 Å². The molecule has 0 saturated carbocycles. The van der Waals surface area contributed by atoms with Gasteiger partial charge in [-0.05, 0) is 93.7 Å². The number of likely N-dealkylation sites (tertiary alicyclic amines) is 2. The normalized spacial score (nSPS) is 19.9. The monoisotopic (exact) mass is 566 g/mol. The molecule has 1 aliphatic carbocycles. The third kappa shape index (κ3) is 6.57. The molecule has 41 heavy (non-hydrogen) atoms. The maximum atomic E-state index is 15.4. The molecule has 1 atom stereocenters. The zero-order valence-corrected chi connectivity index (χ0v) is 23.1. The van der Waals surface area contributed by atoms with Crippen LogP contribution in [0.2, 0.25) is 0 Å². The maximum absolute atomic E-state index is 15.4. The molecule has 2 saturated heterocycles. The highest BCUT2D eigenvalue weighted by Crippen LogP contribution is 2.53. The van der Waals surface area contributed by atoms with Gasteiger partial charge < -0.3 is 10.6 Å². The minimum absolute atomic E-state index is 0.0957. The van der Waals surface area contributed by atoms with E-state index in [2.05, 4.69) is 20.4 Å². The van der Waals surface area contributed by atoms with Crippen molar-refractivity contribution in [2.45, 2.75) is 43.7 Å². The third-order valence-electron chi connectivity index (χ3n) is 8.36. The molecule has 2 aromatic carbocycles. The van der Waals surface area contributed by atoms with E-state index in [0.29, 0.717) is 11.4 Å². The summed E-state index contributed by atoms with van der Waals surface area (Å²) in [6, 6.07) is 12.1. The summed E-state index contributed by atoms with van der Waals surface area (Å²) >= 11 is 0. The van der Waals surface area contributed by atoms with Gasteiger partial charge in [0, 0.05) is 17.3 Å². The number of anilines is 2. The van der Waals surface area contributed by atoms with Crippen LogP contribution >= 0.6 is 0 Å². The molecule has 2 aliphatic heterocycles. The van der Waals surface area contributed by atoms with Gasteiger partial charge in [-0.25, -0.2) is 0 Å². The van der Waals surface area contributed by atoms with E-state index >= 15 is 13.2 Å². The fraction of sp³-hybridized carbons (Fsp3) is 0.438. The highest BCUT2D eigenvalue weighted by atomic mass is 19.4. The molecule has 0 radical (unpaired) electrons. The van der Waals surface area contributed by atoms with Gasteiger partial charge in [-0.1, -0.05) is 48.6 Å². The minimum Gasteiger partial charge on any atom is -0.325 e. The van der Waals surface area contributed by atoms with Crippen molar-refractivity contribution in [2.75, 3.05) is 49.9 Å². The van der Waals surface area contributed by atoms with Gasteiger partial charge in [0.1, 0.15) is 5.41 Å². The van der Waals surface area contributed by atoms with Crippen molar-refractivity contribution in [1.29, 1.82) is 0 Å². The number of rotatable bonds is 9. The maximum Gasteiger partial charge on any atom is 0.402 e. The average molecular weight is 567 g/mol. The van der Waals surface area contributed by atoms with Gasteiger partial charge in [-0.15, -0.1) is 0 Å². The van der Waals surface area contributed by atoms with Crippen LogP contribution in [0.25, 0.3) is 0 Å². The summed E-state index contributed by atoms with van der Waals surface area (Å²) in [7, 11) is 0. The molecule has 0 spiro atoms. The lowest BCUT2D eigenvalue weighted by atomic mass is 9.63. The molecule has 218 valence electrons. The Morgan fingerprint density at radius 1 is 0.707 bits per heavy atom. The van der Waals surface area contributed by atoms with Gasteiger partial charge in [0.25, 0.3) is 0 Å². The molecule has 0 aromatic heterocycles. The van der Waals surface area contributed by atoms with Gasteiger partial charge in [0.15, 0.2) is 0 Å². The number of hydrogen-bond donors (Lipinski definition) is 2. The molecule has 2 amide bonds. The Balaban J connectivity index is 1.41. The van der Waals surface area contributed by atoms with Crippen LogP contribution < -0.4 is 10.6 Å². The van der Waals surface area contributed by atoms with Gasteiger partial charge in [0.2, 0.25) is 11.8 Å². The van der Waals surface area contributed by atoms with E-state index in [-0.39, 0.29) is 42.5 Å². The lowest BCUT2D eigenvalue weighted by Crippen LogP contribution is -2.49. The molecule has 2 aromatic rings. The van der Waals surface area contributed by atoms with Crippen molar-refractivity contribution in [2.24, 2.45) is 5.92 Å². The van der Waals surface area contributed by atoms with Crippen LogP contribution in [0.15, 0.2) is 72.8 Å². The molecule has 2 N–H and O–H groups in total. The van der Waals surface area contributed by atoms with Crippen LogP contribution in [0, 0.1) is 5.92 Å². The number of allylic oxidation sites excluding steroid dienone is 4. The number of alkyl halides is 3. The Bertz CT molecular complexity index is 1180. The molecule has 5 rings (SSSR count). The Labute approximate surface area is 239 Å². The van der Waals surface area contributed by atoms with Gasteiger partial charge in [-0.2, -0.15) is 13.2 Å². The SMILES string of the molecule is O=C(CN1CCCC1)Nc1ccc(C(c2ccc(NC(=O)CN3CCCC3)cc2)(C2C=CC=CC2)C(F)(F)F)cc1. The van der Waals surface area contributed by atoms with Crippen LogP contribution in [0.1, 0.15) is 43.2 Å². The van der Waals surface area contributed by atoms with E-state index in [1.807, 2.05) is 0 Å². The molecule has 2 fully saturated rings. The van der Waals surface area contributed by atoms with Gasteiger partial charge in [-0.3, -0.25) is 19.4 Å². The van der Waals surface area contributed by atoms with Crippen molar-refractivity contribution in [1.82, 2.24) is 9.80 Å². The second-order valence-electron chi connectivity index (χ2n) is 11.2. The summed E-state index contributed by atoms with van der Waals surface area (Å²) in [6.07, 6.45) is 6.65. The average Bonchev–Trinajstić information content (AvgIpc) is 3.65. The fourth-order valence-corrected chi connectivity index (χ4v) is 6.36. The van der Waals surface area contributed by atoms with Gasteiger partial charge in [0.05, 0.1) is 13.1 Å². The highest BCUT2D eigenvalue weighted by Gasteiger charge is 2.60. The van der Waals surface area contributed by atoms with Gasteiger partial charge >= 0.3 is 6.18 Å². The molecular weight excluding hydrogens is 529 g/mol. The predicted molar refractivity (Wildman–Crippen MR) is 155 cm³/mol. The van der Waals surface area contributed by atoms with Crippen molar-refractivity contribution >= 4 is 23.2 Å². The zero-order valence-electron chi connectivity index (χ0n) is 23.1. The third-order valence-corrected chi connectivity index (χ3v) is 8.36. The highest BCUT2D eigenvalue weighted by molar-refractivity contribution is 5.93. The minimum atomic E-state index is -4.63. The Morgan fingerprint density at radius 2 is 1.15 bits per heavy atom. The second kappa shape index (κ2) is 12.6. The number of carbonyl (C=O) groups is 2. The first-order valence-electron chi connectivity index (χ1n) is 14.4. The Morgan fingerprint density at radius 3 is 1.51 bits per heavy atom. The number of nitrogens with zero attached hydrogens (tertiary/aromatic N) is 2. The van der Waals surface area contributed by atoms with Crippen molar-refractivity contribution in [3.8, 4) is 0 Å². The molecule has 3 aliphatic rings. The number of carbonyl (C=O) groups excluding carboxylic acids is 2. The summed E-state index contributed by atoms with van der Waals surface area (Å²) in [5, 5.41) is 5.65. The van der Waals surface area contributed by atoms with Crippen molar-refractivity contribution in [3.63, 3.8) is 0 Å². The number of halogens is 3. The summed E-state index contributed by atoms with van der Waals surface area (Å²) in [6.45, 7) is 4.06. The van der Waals surface area contributed by atoms with Crippen LogP contribution in [-0.2, 0) is 15.0 Å². The van der Waals surface area contributed by atoms with E-state index < -0.39 is 17.5 Å². The zero-order chi connectivity index (χ0) is 28.9. The molecule has 9 heteroatoms. The molecule has 1 unspecified atom stereocenters. The fourth-order valence-electron chi connectivity index (χ4n) is 6.36. The van der Waals surface area contributed by atoms with E-state index in [1.54, 1.807) is 48.6 Å². The first kappa shape index (κ1) is 29.1. The summed E-state index contributed by atoms with van der Waals surface area (Å²) in [5.41, 5.74) is -1.21. The number of benzene rings is 2. The van der Waals surface area contributed by atoms with Crippen LogP contribution in [0.5, 0.6) is 0 Å². The number of nitrogens with one attached hydrogen (secondary N) is 2. The summed E-state index contributed by atoms with van der Waals surface area (Å²) < 4.78 is 46.2. The quantitative estimate of drug-likeness (QED) is 0.407. The Hall–Kier alpha value is -3.43. The number of hydrogen-bond acceptors (Lipinski definition) is 4. The first-order valence-corrected chi connectivity index (χ1v) is 14.4. The lowest BCUT2D eigenvalue weighted by Gasteiger charge is -2.42. The Kier molecular flexibility index (Phi) is 8.94. The van der Waals surface area contributed by atoms with E-state index in [4.69, 9.17) is 0 Å². The number of amides is 2. The predicted octanol–water partition coefficient (Wildman–Crippen LogP) is 5.74. The molecule has 0 bridgehead atoms. The molecule has 6 nitrogen and oxygen atoms in total. The van der Waals surface area contributed by atoms with Crippen molar-refractivity contribution < 1.29 is 22.8 Å². The van der Waals surface area contributed by atoms with E-state index in [1.165, 1.54) is 24.3 Å². The molecular formula is C32H37F3N4O2. The van der Waals surface area contributed by atoms with E-state index in [9.17, 15) is 9.59 Å². The first-order chi connectivity index (χ1) is 19.8. The van der Waals surface area contributed by atoms with E-state index in [0.717, 1.165) is 51.9 Å². The van der Waals surface area contributed by atoms with Crippen molar-refractivity contribution in [3.05, 3.63) is 84.0 Å². The standard InChI is InChI=1S/C32H37F3N4O2/c33-32(34,35)31(24-8-2-1-3-9-24,25-10-14-27(15-11-25)36-29(40)22-38-18-4-5-19-38)26-12-16-28(17-13-26)37-30(41)23-39-20-6-7-21-39/h1-3,8,10-17,24H,4-7,9,18-23H2,(H,36,40)(H,37,41). The second-order valence-corrected chi connectivity index (χ2v) is 11.2. The summed E-state index contributed by atoms with van der Waals surface area (Å²) in [5.74, 6) is -1.23. The molecule has 2 heterocycles.